The number of hydrogen-bond acceptors (Lipinski definition) is 21. The lowest BCUT2D eigenvalue weighted by Gasteiger charge is -2.30. The molecule has 8 heterocycles. The molecular formula is C88H114N6O16S2. The lowest BCUT2D eigenvalue weighted by Crippen LogP contribution is -2.47. The van der Waals surface area contributed by atoms with Gasteiger partial charge < -0.3 is 48.1 Å². The number of aryl methyl sites for hydroxylation is 2. The van der Waals surface area contributed by atoms with Crippen molar-refractivity contribution in [2.24, 2.45) is 46.3 Å². The van der Waals surface area contributed by atoms with Crippen LogP contribution in [0.2, 0.25) is 0 Å². The molecule has 2 aliphatic carbocycles. The Morgan fingerprint density at radius 1 is 0.580 bits per heavy atom. The van der Waals surface area contributed by atoms with E-state index in [-0.39, 0.29) is 98.4 Å². The molecule has 0 bridgehead atoms. The van der Waals surface area contributed by atoms with Crippen molar-refractivity contribution in [2.75, 3.05) is 33.9 Å². The predicted octanol–water partition coefficient (Wildman–Crippen LogP) is 17.1. The second-order valence-corrected chi connectivity index (χ2v) is 36.0. The SMILES string of the molecule is CCOC(=O)[C@]12CC(=O)[C@@H]3[C@H](C)[C@@H](Oc4cc(-c5nc(C(C)C)cs5)nc5c(C)c(OC)ccc45)CN3C(=O)[C@@H](CC(=O)OC(C)(C)C)CCCCC/C=C\[C@@H]1C2.COc1ccc2c(O[C@H]3CN4C(=O)[C@@H](CC(=O)OC(C)(C)C)CCCCC/C=C\[C@@H]5C[C@@]5(C(=O)O)CC(=O)[C@@H]4[C@@H]3C)cc(-c3nc(C(C)C)cs3)nc2c1C. The monoisotopic (exact) mass is 1570 g/mol. The number of thiazole rings is 2. The van der Waals surface area contributed by atoms with Crippen LogP contribution in [0.25, 0.3) is 43.2 Å². The summed E-state index contributed by atoms with van der Waals surface area (Å²) in [7, 11) is 3.24. The van der Waals surface area contributed by atoms with Crippen LogP contribution in [0.5, 0.6) is 23.0 Å². The molecule has 0 unspecified atom stereocenters. The summed E-state index contributed by atoms with van der Waals surface area (Å²) in [6.45, 7) is 29.1. The molecule has 24 heteroatoms. The summed E-state index contributed by atoms with van der Waals surface area (Å²) in [5.41, 5.74) is 2.70. The smallest absolute Gasteiger partial charge is 0.313 e. The third kappa shape index (κ3) is 18.9. The highest BCUT2D eigenvalue weighted by atomic mass is 32.1. The van der Waals surface area contributed by atoms with Gasteiger partial charge in [-0.05, 0) is 162 Å². The third-order valence-electron chi connectivity index (χ3n) is 23.1. The molecule has 22 nitrogen and oxygen atoms in total. The van der Waals surface area contributed by atoms with Gasteiger partial charge in [-0.3, -0.25) is 38.4 Å². The Balaban J connectivity index is 0.000000222. The van der Waals surface area contributed by atoms with E-state index >= 15 is 0 Å². The van der Waals surface area contributed by atoms with Crippen molar-refractivity contribution in [2.45, 2.75) is 254 Å². The molecule has 2 aromatic carbocycles. The number of aromatic nitrogens is 4. The van der Waals surface area contributed by atoms with Crippen LogP contribution in [0.1, 0.15) is 227 Å². The van der Waals surface area contributed by atoms with Gasteiger partial charge in [-0.1, -0.05) is 91.5 Å². The Kier molecular flexibility index (Phi) is 26.3. The summed E-state index contributed by atoms with van der Waals surface area (Å²) < 4.78 is 42.1. The van der Waals surface area contributed by atoms with Crippen molar-refractivity contribution in [3.05, 3.63) is 94.0 Å². The molecule has 6 aromatic rings. The number of carbonyl (C=O) groups is 8. The van der Waals surface area contributed by atoms with Crippen molar-refractivity contribution in [1.29, 1.82) is 0 Å². The van der Waals surface area contributed by atoms with Crippen molar-refractivity contribution in [1.82, 2.24) is 29.7 Å². The number of rotatable bonds is 17. The number of allylic oxidation sites excluding steroid dienone is 4. The maximum Gasteiger partial charge on any atom is 0.313 e. The number of benzene rings is 2. The molecule has 604 valence electrons. The Morgan fingerprint density at radius 2 is 0.991 bits per heavy atom. The molecule has 4 fully saturated rings. The molecule has 1 N–H and O–H groups in total. The van der Waals surface area contributed by atoms with Gasteiger partial charge in [-0.25, -0.2) is 19.9 Å². The number of methoxy groups -OCH3 is 2. The molecule has 2 saturated heterocycles. The maximum absolute atomic E-state index is 14.9. The van der Waals surface area contributed by atoms with E-state index in [2.05, 4.69) is 39.8 Å². The van der Waals surface area contributed by atoms with E-state index in [1.54, 1.807) is 51.7 Å². The van der Waals surface area contributed by atoms with Crippen LogP contribution in [-0.4, -0.2) is 152 Å². The number of aliphatic carboxylic acids is 1. The predicted molar refractivity (Wildman–Crippen MR) is 432 cm³/mol. The minimum Gasteiger partial charge on any atom is -0.496 e. The van der Waals surface area contributed by atoms with Crippen LogP contribution in [0.4, 0.5) is 0 Å². The molecule has 0 radical (unpaired) electrons. The number of nitrogens with zero attached hydrogens (tertiary/aromatic N) is 6. The Labute approximate surface area is 666 Å². The summed E-state index contributed by atoms with van der Waals surface area (Å²) in [5, 5.41) is 17.5. The molecule has 4 aliphatic heterocycles. The van der Waals surface area contributed by atoms with E-state index in [0.717, 1.165) is 94.7 Å². The molecule has 12 atom stereocenters. The zero-order valence-corrected chi connectivity index (χ0v) is 70.0. The number of hydrogen-bond donors (Lipinski definition) is 1. The molecule has 6 aliphatic rings. The first-order valence-electron chi connectivity index (χ1n) is 40.1. The largest absolute Gasteiger partial charge is 0.496 e. The summed E-state index contributed by atoms with van der Waals surface area (Å²) in [6.07, 6.45) is 14.9. The lowest BCUT2D eigenvalue weighted by molar-refractivity contribution is -0.159. The minimum atomic E-state index is -1.20. The van der Waals surface area contributed by atoms with Gasteiger partial charge >= 0.3 is 23.9 Å². The van der Waals surface area contributed by atoms with Gasteiger partial charge in [0.25, 0.3) is 0 Å². The second kappa shape index (κ2) is 35.0. The molecule has 2 amide bonds. The van der Waals surface area contributed by atoms with E-state index in [0.29, 0.717) is 71.1 Å². The van der Waals surface area contributed by atoms with Crippen LogP contribution >= 0.6 is 22.7 Å². The number of Topliss-reactive ketones (excluding diaryl/α,β-unsaturated/α-hetero) is 2. The zero-order valence-electron chi connectivity index (χ0n) is 68.4. The number of carboxylic acids is 1. The van der Waals surface area contributed by atoms with E-state index in [1.165, 1.54) is 22.7 Å². The Hall–Kier alpha value is -8.64. The first kappa shape index (κ1) is 84.3. The van der Waals surface area contributed by atoms with Gasteiger partial charge in [0.05, 0.1) is 92.1 Å². The fraction of sp³-hybridized carbons (Fsp3) is 0.591. The van der Waals surface area contributed by atoms with Crippen molar-refractivity contribution in [3.63, 3.8) is 0 Å². The number of esters is 3. The zero-order chi connectivity index (χ0) is 81.1. The number of carbonyl (C=O) groups excluding carboxylic acids is 7. The van der Waals surface area contributed by atoms with Crippen LogP contribution in [0.3, 0.4) is 0 Å². The highest BCUT2D eigenvalue weighted by Crippen LogP contribution is 2.59. The lowest BCUT2D eigenvalue weighted by atomic mass is 9.87. The molecule has 4 aromatic heterocycles. The summed E-state index contributed by atoms with van der Waals surface area (Å²) in [4.78, 5) is 135. The number of pyridine rings is 2. The van der Waals surface area contributed by atoms with Crippen molar-refractivity contribution < 1.29 is 76.6 Å². The molecule has 2 saturated carbocycles. The van der Waals surface area contributed by atoms with Gasteiger partial charge in [0, 0.05) is 81.3 Å². The van der Waals surface area contributed by atoms with Crippen LogP contribution in [0.15, 0.2) is 71.5 Å². The van der Waals surface area contributed by atoms with Crippen LogP contribution in [-0.2, 0) is 52.6 Å². The molecule has 0 spiro atoms. The van der Waals surface area contributed by atoms with Gasteiger partial charge in [0.15, 0.2) is 11.6 Å². The summed E-state index contributed by atoms with van der Waals surface area (Å²) in [5.74, 6) is -3.11. The molecule has 12 rings (SSSR count). The molecular weight excluding hydrogens is 1460 g/mol. The molecule has 112 heavy (non-hydrogen) atoms. The standard InChI is InChI=1S/C45H59N3O8S.C43H55N3O8S/c1-10-54-43(52)45-22-30(45)17-15-13-11-12-14-16-29(20-38(50)56-44(6,7)8)42(51)48-24-37(28(5)40(48)34(49)23-45)55-36-21-32(41-47-33(25-57-41)26(2)3)46-39-27(4)35(53-9)19-18-31(36)39;1-24(2)31-23-55-39(45-31)30-19-34(29-16-17-33(52-8)25(3)37(29)44-30)53-35-22-46-38(26(35)4)32(47)21-43(41(50)51)20-28(43)15-13-11-9-10-12-14-27(40(46)49)18-36(48)54-42(5,6)7/h15,17-19,21,25-26,28-30,37,40H,10-14,16,20,22-24H2,1-9H3;13,15-17,19,23-24,26-28,35,38H,9-12,14,18,20-22H2,1-8H3,(H,50,51)/b17-15-;15-13-/t28-,29-,30-,37+,40+,45-;26-,27-,28-,35+,38+,43-/m11/s1. The van der Waals surface area contributed by atoms with Gasteiger partial charge in [-0.2, -0.15) is 0 Å². The average Bonchev–Trinajstić information content (AvgIpc) is 1.57. The van der Waals surface area contributed by atoms with Crippen molar-refractivity contribution in [3.8, 4) is 44.4 Å². The van der Waals surface area contributed by atoms with Gasteiger partial charge in [-0.15, -0.1) is 22.7 Å². The van der Waals surface area contributed by atoms with Gasteiger partial charge in [0.1, 0.15) is 67.8 Å². The third-order valence-corrected chi connectivity index (χ3v) is 24.8. The highest BCUT2D eigenvalue weighted by molar-refractivity contribution is 7.13. The average molecular weight is 1580 g/mol. The number of amides is 2. The number of carboxylic acid groups (broad SMARTS) is 1. The van der Waals surface area contributed by atoms with Crippen molar-refractivity contribution >= 4 is 91.7 Å². The maximum atomic E-state index is 14.9. The Bertz CT molecular complexity index is 4560. The minimum absolute atomic E-state index is 0.0490. The normalized spacial score (nSPS) is 26.6. The second-order valence-electron chi connectivity index (χ2n) is 34.3. The van der Waals surface area contributed by atoms with Crippen LogP contribution in [0, 0.1) is 60.2 Å². The topological polar surface area (TPSA) is 279 Å². The number of ether oxygens (including phenoxy) is 7. The van der Waals surface area contributed by atoms with Crippen LogP contribution < -0.4 is 18.9 Å². The quantitative estimate of drug-likeness (QED) is 0.0504. The first-order chi connectivity index (χ1) is 53.1. The first-order valence-corrected chi connectivity index (χ1v) is 41.9. The summed E-state index contributed by atoms with van der Waals surface area (Å²) in [6, 6.07) is 9.52. The fourth-order valence-corrected chi connectivity index (χ4v) is 18.5. The van der Waals surface area contributed by atoms with E-state index < -0.39 is 87.9 Å². The highest BCUT2D eigenvalue weighted by Gasteiger charge is 2.64. The summed E-state index contributed by atoms with van der Waals surface area (Å²) >= 11 is 3.03. The Morgan fingerprint density at radius 3 is 1.38 bits per heavy atom. The van der Waals surface area contributed by atoms with Gasteiger partial charge in [0.2, 0.25) is 11.8 Å². The van der Waals surface area contributed by atoms with E-state index in [9.17, 15) is 43.5 Å². The fourth-order valence-electron chi connectivity index (χ4n) is 16.6. The van der Waals surface area contributed by atoms with E-state index in [1.807, 2.05) is 108 Å². The number of fused-ring (bicyclic) bond motifs is 6. The number of ketones is 2. The van der Waals surface area contributed by atoms with E-state index in [4.69, 9.17) is 53.1 Å².